The molecule has 2 bridgehead atoms. The number of carbonyl (C=O) groups is 3. The highest BCUT2D eigenvalue weighted by molar-refractivity contribution is 8.02. The van der Waals surface area contributed by atoms with E-state index >= 15 is 4.79 Å². The molecule has 3 amide bonds. The van der Waals surface area contributed by atoms with E-state index in [-0.39, 0.29) is 35.7 Å². The summed E-state index contributed by atoms with van der Waals surface area (Å²) in [5, 5.41) is 10.7. The highest BCUT2D eigenvalue weighted by Crippen LogP contribution is 2.72. The van der Waals surface area contributed by atoms with Gasteiger partial charge in [0.05, 0.1) is 29.2 Å². The molecule has 7 nitrogen and oxygen atoms in total. The summed E-state index contributed by atoms with van der Waals surface area (Å²) in [5.74, 6) is -1.40. The van der Waals surface area contributed by atoms with Gasteiger partial charge < -0.3 is 19.8 Å². The molecule has 8 heteroatoms. The van der Waals surface area contributed by atoms with E-state index in [1.165, 1.54) is 0 Å². The fourth-order valence-electron chi connectivity index (χ4n) is 8.41. The smallest absolute Gasteiger partial charge is 0.247 e. The number of hydrogen-bond donors (Lipinski definition) is 1. The molecule has 2 unspecified atom stereocenters. The van der Waals surface area contributed by atoms with Crippen molar-refractivity contribution >= 4 is 29.5 Å². The highest BCUT2D eigenvalue weighted by atomic mass is 32.2. The molecule has 3 saturated heterocycles. The number of nitrogens with zero attached hydrogens (tertiary/aromatic N) is 3. The van der Waals surface area contributed by atoms with Crippen LogP contribution in [0.2, 0.25) is 0 Å². The van der Waals surface area contributed by atoms with Crippen LogP contribution in [0.15, 0.2) is 25.3 Å². The SMILES string of the molecule is C=CCN(CCC)C(=O)[C@@H]1[C@H]2C(=O)N([C@@H](CO)[C@@H](C)CC)C(C(=O)N(CC=C)C(C)(C)CC(C)(C)C)C23CC[C@@]1(C)S3. The fraction of sp³-hybridized carbons (Fsp3) is 0.794. The monoisotopic (exact) mass is 603 g/mol. The van der Waals surface area contributed by atoms with Gasteiger partial charge in [-0.15, -0.1) is 24.9 Å². The van der Waals surface area contributed by atoms with E-state index in [9.17, 15) is 14.7 Å². The zero-order valence-corrected chi connectivity index (χ0v) is 28.6. The maximum Gasteiger partial charge on any atom is 0.247 e. The fourth-order valence-corrected chi connectivity index (χ4v) is 10.7. The number of fused-ring (bicyclic) bond motifs is 1. The molecule has 3 aliphatic rings. The largest absolute Gasteiger partial charge is 0.394 e. The summed E-state index contributed by atoms with van der Waals surface area (Å²) in [5.41, 5.74) is -0.528. The number of aliphatic hydroxyl groups is 1. The van der Waals surface area contributed by atoms with Crippen molar-refractivity contribution in [3.05, 3.63) is 25.3 Å². The summed E-state index contributed by atoms with van der Waals surface area (Å²) in [6.45, 7) is 28.0. The summed E-state index contributed by atoms with van der Waals surface area (Å²) in [6, 6.07) is -1.26. The molecule has 0 saturated carbocycles. The molecule has 3 aliphatic heterocycles. The number of likely N-dealkylation sites (tertiary alicyclic amines) is 1. The molecule has 0 aliphatic carbocycles. The van der Waals surface area contributed by atoms with Crippen LogP contribution in [0.3, 0.4) is 0 Å². The van der Waals surface area contributed by atoms with Gasteiger partial charge in [0.15, 0.2) is 0 Å². The predicted octanol–water partition coefficient (Wildman–Crippen LogP) is 5.53. The van der Waals surface area contributed by atoms with Gasteiger partial charge in [0.2, 0.25) is 17.7 Å². The van der Waals surface area contributed by atoms with Crippen LogP contribution in [-0.2, 0) is 14.4 Å². The lowest BCUT2D eigenvalue weighted by atomic mass is 9.66. The Labute approximate surface area is 259 Å². The lowest BCUT2D eigenvalue weighted by Crippen LogP contribution is -2.62. The molecule has 238 valence electrons. The quantitative estimate of drug-likeness (QED) is 0.264. The zero-order valence-electron chi connectivity index (χ0n) is 27.7. The third-order valence-electron chi connectivity index (χ3n) is 9.99. The van der Waals surface area contributed by atoms with E-state index in [2.05, 4.69) is 54.7 Å². The summed E-state index contributed by atoms with van der Waals surface area (Å²) >= 11 is 1.70. The first-order valence-corrected chi connectivity index (χ1v) is 16.8. The van der Waals surface area contributed by atoms with Gasteiger partial charge in [-0.25, -0.2) is 0 Å². The maximum absolute atomic E-state index is 15.1. The van der Waals surface area contributed by atoms with Crippen molar-refractivity contribution in [3.63, 3.8) is 0 Å². The molecule has 0 aromatic carbocycles. The Kier molecular flexibility index (Phi) is 10.5. The van der Waals surface area contributed by atoms with Crippen LogP contribution in [0.4, 0.5) is 0 Å². The first-order chi connectivity index (χ1) is 19.5. The molecule has 7 atom stereocenters. The van der Waals surface area contributed by atoms with E-state index in [1.807, 2.05) is 30.6 Å². The minimum Gasteiger partial charge on any atom is -0.394 e. The van der Waals surface area contributed by atoms with E-state index < -0.39 is 39.0 Å². The highest BCUT2D eigenvalue weighted by Gasteiger charge is 2.78. The Bertz CT molecular complexity index is 1050. The number of rotatable bonds is 14. The number of amides is 3. The molecule has 42 heavy (non-hydrogen) atoms. The van der Waals surface area contributed by atoms with E-state index in [4.69, 9.17) is 0 Å². The van der Waals surface area contributed by atoms with Crippen molar-refractivity contribution in [1.82, 2.24) is 14.7 Å². The third kappa shape index (κ3) is 5.96. The minimum absolute atomic E-state index is 0.00999. The van der Waals surface area contributed by atoms with Gasteiger partial charge >= 0.3 is 0 Å². The molecule has 1 spiro atoms. The van der Waals surface area contributed by atoms with Crippen molar-refractivity contribution < 1.29 is 19.5 Å². The lowest BCUT2D eigenvalue weighted by molar-refractivity contribution is -0.151. The van der Waals surface area contributed by atoms with Gasteiger partial charge in [-0.2, -0.15) is 0 Å². The molecule has 0 aromatic heterocycles. The van der Waals surface area contributed by atoms with E-state index in [0.29, 0.717) is 26.1 Å². The zero-order chi connectivity index (χ0) is 31.8. The van der Waals surface area contributed by atoms with Crippen LogP contribution in [0.5, 0.6) is 0 Å². The normalized spacial score (nSPS) is 30.2. The van der Waals surface area contributed by atoms with Crippen LogP contribution in [-0.4, -0.2) is 90.9 Å². The second-order valence-electron chi connectivity index (χ2n) is 15.0. The second kappa shape index (κ2) is 12.7. The predicted molar refractivity (Wildman–Crippen MR) is 173 cm³/mol. The molecule has 0 radical (unpaired) electrons. The topological polar surface area (TPSA) is 81.2 Å². The second-order valence-corrected chi connectivity index (χ2v) is 16.9. The van der Waals surface area contributed by atoms with Crippen LogP contribution in [0, 0.1) is 23.2 Å². The molecule has 3 rings (SSSR count). The average Bonchev–Trinajstić information content (AvgIpc) is 3.46. The summed E-state index contributed by atoms with van der Waals surface area (Å²) in [6.07, 6.45) is 7.31. The van der Waals surface area contributed by atoms with Gasteiger partial charge in [0, 0.05) is 29.9 Å². The Morgan fingerprint density at radius 1 is 1.12 bits per heavy atom. The molecule has 0 aromatic rings. The Morgan fingerprint density at radius 2 is 1.74 bits per heavy atom. The van der Waals surface area contributed by atoms with Gasteiger partial charge in [0.1, 0.15) is 6.04 Å². The van der Waals surface area contributed by atoms with Crippen LogP contribution < -0.4 is 0 Å². The van der Waals surface area contributed by atoms with Gasteiger partial charge in [0.25, 0.3) is 0 Å². The number of aliphatic hydroxyl groups excluding tert-OH is 1. The average molecular weight is 604 g/mol. The van der Waals surface area contributed by atoms with E-state index in [0.717, 1.165) is 25.7 Å². The van der Waals surface area contributed by atoms with Crippen molar-refractivity contribution in [3.8, 4) is 0 Å². The molecular formula is C34H57N3O4S. The summed E-state index contributed by atoms with van der Waals surface area (Å²) < 4.78 is -1.17. The van der Waals surface area contributed by atoms with Crippen molar-refractivity contribution in [2.75, 3.05) is 26.2 Å². The summed E-state index contributed by atoms with van der Waals surface area (Å²) in [7, 11) is 0. The number of carbonyl (C=O) groups excluding carboxylic acids is 3. The first-order valence-electron chi connectivity index (χ1n) is 16.0. The Balaban J connectivity index is 2.22. The summed E-state index contributed by atoms with van der Waals surface area (Å²) in [4.78, 5) is 49.6. The molecular weight excluding hydrogens is 546 g/mol. The van der Waals surface area contributed by atoms with Crippen LogP contribution >= 0.6 is 11.8 Å². The first kappa shape index (κ1) is 34.7. The van der Waals surface area contributed by atoms with Crippen LogP contribution in [0.25, 0.3) is 0 Å². The maximum atomic E-state index is 15.1. The van der Waals surface area contributed by atoms with Gasteiger partial charge in [-0.3, -0.25) is 14.4 Å². The molecule has 3 fully saturated rings. The Hall–Kier alpha value is -1.80. The molecule has 3 heterocycles. The van der Waals surface area contributed by atoms with Gasteiger partial charge in [-0.05, 0) is 57.8 Å². The number of thioether (sulfide) groups is 1. The standard InChI is InChI=1S/C34H57N3O4S/c1-12-18-35(19-13-2)28(39)25-26-29(40)37(24(21-38)23(5)15-4)27(34(26)17-16-33(25,11)42-34)30(41)36(20-14-3)32(9,10)22-31(6,7)8/h12,14,23-27,38H,1,3,13,15-22H2,2,4-11H3/t23-,24-,25-,26-,27?,33+,34?/m0/s1. The van der Waals surface area contributed by atoms with E-state index in [1.54, 1.807) is 28.8 Å². The van der Waals surface area contributed by atoms with Crippen molar-refractivity contribution in [2.24, 2.45) is 23.2 Å². The van der Waals surface area contributed by atoms with Crippen molar-refractivity contribution in [1.29, 1.82) is 0 Å². The molecule has 1 N–H and O–H groups in total. The minimum atomic E-state index is -0.760. The van der Waals surface area contributed by atoms with Crippen molar-refractivity contribution in [2.45, 2.75) is 122 Å². The van der Waals surface area contributed by atoms with Gasteiger partial charge in [-0.1, -0.05) is 60.1 Å². The van der Waals surface area contributed by atoms with Crippen LogP contribution in [0.1, 0.15) is 94.4 Å². The lowest BCUT2D eigenvalue weighted by Gasteiger charge is -2.47. The Morgan fingerprint density at radius 3 is 2.24 bits per heavy atom. The third-order valence-corrected chi connectivity index (χ3v) is 12.0. The number of hydrogen-bond acceptors (Lipinski definition) is 5.